The molecular formula is C16H28. The molecule has 0 unspecified atom stereocenters. The summed E-state index contributed by atoms with van der Waals surface area (Å²) >= 11 is 0. The molecule has 0 saturated carbocycles. The lowest BCUT2D eigenvalue weighted by Crippen LogP contribution is -1.94. The summed E-state index contributed by atoms with van der Waals surface area (Å²) in [6.07, 6.45) is 8.02. The van der Waals surface area contributed by atoms with Crippen LogP contribution in [0.15, 0.2) is 34.9 Å². The molecule has 0 nitrogen and oxygen atoms in total. The summed E-state index contributed by atoms with van der Waals surface area (Å²) in [4.78, 5) is 0. The molecule has 0 fully saturated rings. The Hall–Kier alpha value is -0.780. The second kappa shape index (κ2) is 8.38. The molecular weight excluding hydrogens is 192 g/mol. The van der Waals surface area contributed by atoms with E-state index in [1.807, 2.05) is 6.08 Å². The molecule has 0 heterocycles. The molecule has 0 N–H and O–H groups in total. The topological polar surface area (TPSA) is 0 Å². The molecule has 16 heavy (non-hydrogen) atoms. The van der Waals surface area contributed by atoms with Gasteiger partial charge in [0.2, 0.25) is 0 Å². The minimum absolute atomic E-state index is 1.13. The fourth-order valence-electron chi connectivity index (χ4n) is 2.10. The number of hydrogen-bond acceptors (Lipinski definition) is 0. The Morgan fingerprint density at radius 3 is 2.06 bits per heavy atom. The highest BCUT2D eigenvalue weighted by Crippen LogP contribution is 2.25. The Bertz CT molecular complexity index is 276. The predicted octanol–water partition coefficient (Wildman–Crippen LogP) is 5.82. The summed E-state index contributed by atoms with van der Waals surface area (Å²) in [7, 11) is 0. The molecule has 0 bridgehead atoms. The van der Waals surface area contributed by atoms with Crippen LogP contribution < -0.4 is 0 Å². The molecule has 0 aliphatic carbocycles. The van der Waals surface area contributed by atoms with E-state index in [1.165, 1.54) is 41.6 Å². The Morgan fingerprint density at radius 2 is 1.69 bits per heavy atom. The predicted molar refractivity (Wildman–Crippen MR) is 75.7 cm³/mol. The van der Waals surface area contributed by atoms with E-state index in [2.05, 4.69) is 41.2 Å². The van der Waals surface area contributed by atoms with Crippen molar-refractivity contribution in [1.29, 1.82) is 0 Å². The van der Waals surface area contributed by atoms with E-state index in [-0.39, 0.29) is 0 Å². The van der Waals surface area contributed by atoms with Crippen molar-refractivity contribution < 1.29 is 0 Å². The van der Waals surface area contributed by atoms with Gasteiger partial charge < -0.3 is 0 Å². The number of allylic oxidation sites excluding steroid dienone is 5. The molecule has 0 radical (unpaired) electrons. The fraction of sp³-hybridized carbons (Fsp3) is 0.625. The van der Waals surface area contributed by atoms with Crippen LogP contribution in [-0.2, 0) is 0 Å². The van der Waals surface area contributed by atoms with Crippen LogP contribution in [0.3, 0.4) is 0 Å². The lowest BCUT2D eigenvalue weighted by molar-refractivity contribution is 0.791. The van der Waals surface area contributed by atoms with Crippen LogP contribution in [0.25, 0.3) is 0 Å². The number of rotatable bonds is 7. The third kappa shape index (κ3) is 4.38. The molecule has 0 amide bonds. The van der Waals surface area contributed by atoms with Gasteiger partial charge in [-0.3, -0.25) is 0 Å². The summed E-state index contributed by atoms with van der Waals surface area (Å²) in [6, 6.07) is 0. The zero-order chi connectivity index (χ0) is 12.6. The third-order valence-electron chi connectivity index (χ3n) is 3.38. The van der Waals surface area contributed by atoms with E-state index in [0.717, 1.165) is 12.8 Å². The molecule has 0 aromatic heterocycles. The molecule has 0 heteroatoms. The van der Waals surface area contributed by atoms with E-state index in [4.69, 9.17) is 0 Å². The Morgan fingerprint density at radius 1 is 1.06 bits per heavy atom. The van der Waals surface area contributed by atoms with Crippen LogP contribution in [0.5, 0.6) is 0 Å². The van der Waals surface area contributed by atoms with Crippen molar-refractivity contribution in [2.45, 2.75) is 66.7 Å². The summed E-state index contributed by atoms with van der Waals surface area (Å²) in [5, 5.41) is 0. The van der Waals surface area contributed by atoms with Gasteiger partial charge in [-0.2, -0.15) is 0 Å². The summed E-state index contributed by atoms with van der Waals surface area (Å²) in [5.41, 5.74) is 5.96. The molecule has 92 valence electrons. The van der Waals surface area contributed by atoms with Gasteiger partial charge in [-0.05, 0) is 56.3 Å². The van der Waals surface area contributed by atoms with Crippen molar-refractivity contribution in [2.24, 2.45) is 0 Å². The average molecular weight is 220 g/mol. The molecule has 0 saturated heterocycles. The molecule has 0 aromatic rings. The maximum absolute atomic E-state index is 3.96. The largest absolute Gasteiger partial charge is 0.0988 e. The maximum atomic E-state index is 3.96. The summed E-state index contributed by atoms with van der Waals surface area (Å²) in [5.74, 6) is 0. The first-order chi connectivity index (χ1) is 7.62. The maximum Gasteiger partial charge on any atom is -0.0276 e. The van der Waals surface area contributed by atoms with Crippen LogP contribution in [0.2, 0.25) is 0 Å². The highest BCUT2D eigenvalue weighted by Gasteiger charge is 2.06. The molecule has 0 spiro atoms. The van der Waals surface area contributed by atoms with E-state index in [1.54, 1.807) is 0 Å². The summed E-state index contributed by atoms with van der Waals surface area (Å²) in [6.45, 7) is 15.2. The normalized spacial score (nSPS) is 14.3. The van der Waals surface area contributed by atoms with Crippen molar-refractivity contribution in [3.8, 4) is 0 Å². The van der Waals surface area contributed by atoms with Gasteiger partial charge >= 0.3 is 0 Å². The van der Waals surface area contributed by atoms with E-state index < -0.39 is 0 Å². The second-order valence-electron chi connectivity index (χ2n) is 4.42. The van der Waals surface area contributed by atoms with Crippen LogP contribution in [0.1, 0.15) is 66.7 Å². The minimum atomic E-state index is 1.13. The Balaban J connectivity index is 5.13. The van der Waals surface area contributed by atoms with Crippen molar-refractivity contribution in [3.63, 3.8) is 0 Å². The van der Waals surface area contributed by atoms with Gasteiger partial charge in [0.05, 0.1) is 0 Å². The van der Waals surface area contributed by atoms with Crippen molar-refractivity contribution in [2.75, 3.05) is 0 Å². The first-order valence-electron chi connectivity index (χ1n) is 6.63. The summed E-state index contributed by atoms with van der Waals surface area (Å²) < 4.78 is 0. The molecule has 0 rings (SSSR count). The quantitative estimate of drug-likeness (QED) is 0.474. The Kier molecular flexibility index (Phi) is 7.97. The monoisotopic (exact) mass is 220 g/mol. The van der Waals surface area contributed by atoms with E-state index >= 15 is 0 Å². The highest BCUT2D eigenvalue weighted by atomic mass is 14.1. The lowest BCUT2D eigenvalue weighted by Gasteiger charge is -2.14. The van der Waals surface area contributed by atoms with Crippen molar-refractivity contribution in [3.05, 3.63) is 34.9 Å². The number of unbranched alkanes of at least 4 members (excludes halogenated alkanes) is 1. The first-order valence-corrected chi connectivity index (χ1v) is 6.63. The third-order valence-corrected chi connectivity index (χ3v) is 3.38. The smallest absolute Gasteiger partial charge is 0.0276 e. The van der Waals surface area contributed by atoms with E-state index in [0.29, 0.717) is 0 Å². The standard InChI is InChI=1S/C16H28/c1-7-11-12-15(9-3)14(6)16(10-4)13(5)8-2/h9H,3,7-8,10-12H2,1-2,4-6H3/b15-14+,16-13+. The fourth-order valence-corrected chi connectivity index (χ4v) is 2.10. The molecule has 0 aromatic carbocycles. The van der Waals surface area contributed by atoms with Gasteiger partial charge in [-0.1, -0.05) is 45.4 Å². The SMILES string of the molecule is C=C/C(CCCC)=C(C)\C(CC)=C(/C)CC. The van der Waals surface area contributed by atoms with Crippen LogP contribution >= 0.6 is 0 Å². The highest BCUT2D eigenvalue weighted by molar-refractivity contribution is 5.40. The molecule has 0 atom stereocenters. The Labute approximate surface area is 102 Å². The molecule has 0 aliphatic heterocycles. The van der Waals surface area contributed by atoms with Gasteiger partial charge in [-0.15, -0.1) is 0 Å². The zero-order valence-corrected chi connectivity index (χ0v) is 11.8. The van der Waals surface area contributed by atoms with Gasteiger partial charge in [0, 0.05) is 0 Å². The van der Waals surface area contributed by atoms with Crippen LogP contribution in [-0.4, -0.2) is 0 Å². The van der Waals surface area contributed by atoms with Gasteiger partial charge in [0.25, 0.3) is 0 Å². The van der Waals surface area contributed by atoms with Gasteiger partial charge in [0.15, 0.2) is 0 Å². The van der Waals surface area contributed by atoms with Crippen LogP contribution in [0.4, 0.5) is 0 Å². The molecule has 0 aliphatic rings. The van der Waals surface area contributed by atoms with E-state index in [9.17, 15) is 0 Å². The first kappa shape index (κ1) is 15.2. The number of hydrogen-bond donors (Lipinski definition) is 0. The van der Waals surface area contributed by atoms with Crippen molar-refractivity contribution >= 4 is 0 Å². The average Bonchev–Trinajstić information content (AvgIpc) is 2.30. The van der Waals surface area contributed by atoms with Gasteiger partial charge in [0.1, 0.15) is 0 Å². The van der Waals surface area contributed by atoms with Crippen LogP contribution in [0, 0.1) is 0 Å². The van der Waals surface area contributed by atoms with Gasteiger partial charge in [-0.25, -0.2) is 0 Å². The second-order valence-corrected chi connectivity index (χ2v) is 4.42. The zero-order valence-electron chi connectivity index (χ0n) is 11.8. The lowest BCUT2D eigenvalue weighted by atomic mass is 9.92. The minimum Gasteiger partial charge on any atom is -0.0988 e. The van der Waals surface area contributed by atoms with Crippen molar-refractivity contribution in [1.82, 2.24) is 0 Å².